The van der Waals surface area contributed by atoms with Crippen LogP contribution in [0, 0.1) is 0 Å². The molecule has 0 radical (unpaired) electrons. The van der Waals surface area contributed by atoms with Crippen LogP contribution in [0.4, 0.5) is 0 Å². The van der Waals surface area contributed by atoms with Crippen LogP contribution in [0.25, 0.3) is 0 Å². The highest BCUT2D eigenvalue weighted by Gasteiger charge is 2.59. The first-order chi connectivity index (χ1) is 5.64. The van der Waals surface area contributed by atoms with E-state index in [0.29, 0.717) is 6.42 Å². The number of hydrogen-bond acceptors (Lipinski definition) is 3. The predicted octanol–water partition coefficient (Wildman–Crippen LogP) is -0.321. The quantitative estimate of drug-likeness (QED) is 0.562. The number of carboxylic acid groups (broad SMARTS) is 1. The maximum atomic E-state index is 10.6. The molecule has 12 heavy (non-hydrogen) atoms. The second-order valence-corrected chi connectivity index (χ2v) is 3.11. The number of imidazole rings is 1. The molecule has 1 aliphatic carbocycles. The summed E-state index contributed by atoms with van der Waals surface area (Å²) in [5.41, 5.74) is 5.32. The van der Waals surface area contributed by atoms with Crippen LogP contribution < -0.4 is 5.73 Å². The van der Waals surface area contributed by atoms with E-state index in [4.69, 9.17) is 10.8 Å². The summed E-state index contributed by atoms with van der Waals surface area (Å²) in [7, 11) is 0. The third-order valence-electron chi connectivity index (χ3n) is 2.30. The Kier molecular flexibility index (Phi) is 1.26. The number of nitrogens with zero attached hydrogens (tertiary/aromatic N) is 1. The van der Waals surface area contributed by atoms with E-state index >= 15 is 0 Å². The molecule has 1 saturated carbocycles. The topological polar surface area (TPSA) is 92.0 Å². The Bertz CT molecular complexity index is 308. The molecule has 1 aromatic heterocycles. The van der Waals surface area contributed by atoms with Crippen LogP contribution in [0.2, 0.25) is 0 Å². The lowest BCUT2D eigenvalue weighted by Crippen LogP contribution is -2.34. The van der Waals surface area contributed by atoms with E-state index in [0.717, 1.165) is 5.69 Å². The van der Waals surface area contributed by atoms with Gasteiger partial charge in [-0.1, -0.05) is 0 Å². The number of hydrogen-bond donors (Lipinski definition) is 3. The van der Waals surface area contributed by atoms with Gasteiger partial charge in [0.2, 0.25) is 0 Å². The van der Waals surface area contributed by atoms with Crippen molar-refractivity contribution in [3.63, 3.8) is 0 Å². The van der Waals surface area contributed by atoms with Crippen molar-refractivity contribution >= 4 is 5.97 Å². The average Bonchev–Trinajstić information content (AvgIpc) is 2.49. The van der Waals surface area contributed by atoms with Crippen LogP contribution in [-0.4, -0.2) is 26.6 Å². The van der Waals surface area contributed by atoms with Crippen molar-refractivity contribution in [2.24, 2.45) is 5.73 Å². The maximum Gasteiger partial charge on any atom is 0.324 e. The number of aromatic nitrogens is 2. The van der Waals surface area contributed by atoms with Gasteiger partial charge < -0.3 is 15.8 Å². The van der Waals surface area contributed by atoms with Crippen LogP contribution >= 0.6 is 0 Å². The average molecular weight is 167 g/mol. The first-order valence-electron chi connectivity index (χ1n) is 3.65. The van der Waals surface area contributed by atoms with E-state index < -0.39 is 11.5 Å². The highest BCUT2D eigenvalue weighted by Crippen LogP contribution is 2.48. The van der Waals surface area contributed by atoms with E-state index in [-0.39, 0.29) is 5.92 Å². The van der Waals surface area contributed by atoms with Gasteiger partial charge in [-0.2, -0.15) is 0 Å². The highest BCUT2D eigenvalue weighted by atomic mass is 16.4. The molecule has 1 fully saturated rings. The predicted molar refractivity (Wildman–Crippen MR) is 40.5 cm³/mol. The summed E-state index contributed by atoms with van der Waals surface area (Å²) in [4.78, 5) is 17.3. The lowest BCUT2D eigenvalue weighted by atomic mass is 10.2. The molecule has 2 atom stereocenters. The summed E-state index contributed by atoms with van der Waals surface area (Å²) in [6.07, 6.45) is 3.63. The molecule has 0 aliphatic heterocycles. The molecule has 2 rings (SSSR count). The Morgan fingerprint density at radius 2 is 2.67 bits per heavy atom. The van der Waals surface area contributed by atoms with Gasteiger partial charge >= 0.3 is 5.97 Å². The van der Waals surface area contributed by atoms with Crippen molar-refractivity contribution < 1.29 is 9.90 Å². The number of rotatable bonds is 2. The molecular weight excluding hydrogens is 158 g/mol. The smallest absolute Gasteiger partial charge is 0.324 e. The minimum Gasteiger partial charge on any atom is -0.480 e. The molecule has 0 bridgehead atoms. The van der Waals surface area contributed by atoms with Crippen molar-refractivity contribution in [3.05, 3.63) is 18.2 Å². The lowest BCUT2D eigenvalue weighted by molar-refractivity contribution is -0.139. The Morgan fingerprint density at radius 1 is 1.92 bits per heavy atom. The molecule has 5 heteroatoms. The van der Waals surface area contributed by atoms with Crippen LogP contribution in [0.15, 0.2) is 12.5 Å². The van der Waals surface area contributed by atoms with Crippen LogP contribution in [0.3, 0.4) is 0 Å². The number of aromatic amines is 1. The summed E-state index contributed by atoms with van der Waals surface area (Å²) in [6, 6.07) is 0. The van der Waals surface area contributed by atoms with Crippen molar-refractivity contribution in [1.82, 2.24) is 9.97 Å². The third kappa shape index (κ3) is 0.831. The van der Waals surface area contributed by atoms with Gasteiger partial charge in [0.05, 0.1) is 6.33 Å². The fraction of sp³-hybridized carbons (Fsp3) is 0.429. The Hall–Kier alpha value is -1.36. The first-order valence-corrected chi connectivity index (χ1v) is 3.65. The molecule has 64 valence electrons. The Balaban J connectivity index is 2.19. The molecule has 1 aromatic rings. The molecule has 0 aromatic carbocycles. The molecule has 1 heterocycles. The van der Waals surface area contributed by atoms with Gasteiger partial charge in [-0.3, -0.25) is 4.79 Å². The van der Waals surface area contributed by atoms with E-state index in [1.807, 2.05) is 0 Å². The normalized spacial score (nSPS) is 33.2. The van der Waals surface area contributed by atoms with E-state index in [2.05, 4.69) is 9.97 Å². The molecule has 0 spiro atoms. The van der Waals surface area contributed by atoms with E-state index in [1.54, 1.807) is 6.20 Å². The summed E-state index contributed by atoms with van der Waals surface area (Å²) < 4.78 is 0. The van der Waals surface area contributed by atoms with Gasteiger partial charge in [0, 0.05) is 17.8 Å². The minimum absolute atomic E-state index is 0.0995. The third-order valence-corrected chi connectivity index (χ3v) is 2.30. The molecule has 4 N–H and O–H groups in total. The zero-order valence-electron chi connectivity index (χ0n) is 6.32. The van der Waals surface area contributed by atoms with Crippen molar-refractivity contribution in [1.29, 1.82) is 0 Å². The van der Waals surface area contributed by atoms with Crippen molar-refractivity contribution in [2.75, 3.05) is 0 Å². The Labute approximate surface area is 68.6 Å². The highest BCUT2D eigenvalue weighted by molar-refractivity contribution is 5.84. The molecule has 1 aliphatic rings. The molecule has 0 saturated heterocycles. The zero-order valence-corrected chi connectivity index (χ0v) is 6.32. The second kappa shape index (κ2) is 2.07. The molecular formula is C7H9N3O2. The van der Waals surface area contributed by atoms with E-state index in [9.17, 15) is 4.79 Å². The number of H-pyrrole nitrogens is 1. The Morgan fingerprint density at radius 3 is 3.08 bits per heavy atom. The van der Waals surface area contributed by atoms with Gasteiger partial charge in [0.25, 0.3) is 0 Å². The maximum absolute atomic E-state index is 10.6. The molecule has 5 nitrogen and oxygen atoms in total. The van der Waals surface area contributed by atoms with Gasteiger partial charge in [0.15, 0.2) is 0 Å². The monoisotopic (exact) mass is 167 g/mol. The fourth-order valence-corrected chi connectivity index (χ4v) is 1.36. The number of carboxylic acids is 1. The number of nitrogens with one attached hydrogen (secondary N) is 1. The van der Waals surface area contributed by atoms with Gasteiger partial charge in [-0.15, -0.1) is 0 Å². The van der Waals surface area contributed by atoms with Crippen molar-refractivity contribution in [2.45, 2.75) is 17.9 Å². The van der Waals surface area contributed by atoms with Crippen LogP contribution in [0.5, 0.6) is 0 Å². The molecule has 0 unspecified atom stereocenters. The number of nitrogens with two attached hydrogens (primary N) is 1. The van der Waals surface area contributed by atoms with Crippen molar-refractivity contribution in [3.8, 4) is 0 Å². The van der Waals surface area contributed by atoms with Crippen LogP contribution in [-0.2, 0) is 4.79 Å². The van der Waals surface area contributed by atoms with Gasteiger partial charge in [0.1, 0.15) is 5.54 Å². The van der Waals surface area contributed by atoms with Crippen LogP contribution in [0.1, 0.15) is 18.0 Å². The largest absolute Gasteiger partial charge is 0.480 e. The molecule has 0 amide bonds. The fourth-order valence-electron chi connectivity index (χ4n) is 1.36. The zero-order chi connectivity index (χ0) is 8.77. The minimum atomic E-state index is -1.06. The van der Waals surface area contributed by atoms with Gasteiger partial charge in [-0.25, -0.2) is 4.98 Å². The summed E-state index contributed by atoms with van der Waals surface area (Å²) in [6.45, 7) is 0. The first kappa shape index (κ1) is 7.30. The lowest BCUT2D eigenvalue weighted by Gasteiger charge is -2.02. The standard InChI is InChI=1S/C7H9N3O2/c8-7(6(11)12)1-4(7)5-2-9-3-10-5/h2-4H,1,8H2,(H,9,10)(H,11,12)/t4-,7-/m1/s1. The second-order valence-electron chi connectivity index (χ2n) is 3.11. The number of aliphatic carboxylic acids is 1. The summed E-state index contributed by atoms with van der Waals surface area (Å²) >= 11 is 0. The summed E-state index contributed by atoms with van der Waals surface area (Å²) in [5, 5.41) is 8.72. The summed E-state index contributed by atoms with van der Waals surface area (Å²) in [5.74, 6) is -1.04. The number of carbonyl (C=O) groups is 1. The van der Waals surface area contributed by atoms with Gasteiger partial charge in [-0.05, 0) is 6.42 Å². The SMILES string of the molecule is N[C@]1(C(=O)O)C[C@@H]1c1cnc[nH]1. The van der Waals surface area contributed by atoms with E-state index in [1.165, 1.54) is 6.33 Å².